The molecule has 0 aromatic carbocycles. The van der Waals surface area contributed by atoms with Gasteiger partial charge < -0.3 is 36.6 Å². The van der Waals surface area contributed by atoms with Gasteiger partial charge in [0.05, 0.1) is 13.0 Å². The molecule has 1 saturated heterocycles. The first kappa shape index (κ1) is 22.3. The van der Waals surface area contributed by atoms with E-state index in [0.717, 1.165) is 4.90 Å². The lowest BCUT2D eigenvalue weighted by Gasteiger charge is -2.29. The van der Waals surface area contributed by atoms with Crippen molar-refractivity contribution in [3.8, 4) is 0 Å². The number of nitrogens with two attached hydrogens (primary N) is 1. The third-order valence-corrected chi connectivity index (χ3v) is 4.09. The zero-order chi connectivity index (χ0) is 20.7. The number of aliphatic carboxylic acids is 2. The van der Waals surface area contributed by atoms with Crippen molar-refractivity contribution in [2.75, 3.05) is 13.2 Å². The number of amides is 3. The minimum Gasteiger partial charge on any atom is -0.481 e. The van der Waals surface area contributed by atoms with Crippen molar-refractivity contribution < 1.29 is 39.3 Å². The molecule has 0 spiro atoms. The molecule has 12 heteroatoms. The molecule has 0 aliphatic carbocycles. The molecule has 4 atom stereocenters. The number of aliphatic hydroxyl groups excluding tert-OH is 1. The number of carboxylic acid groups (broad SMARTS) is 2. The van der Waals surface area contributed by atoms with Gasteiger partial charge in [-0.05, 0) is 19.8 Å². The second kappa shape index (κ2) is 9.83. The molecule has 152 valence electrons. The number of likely N-dealkylation sites (tertiary alicyclic amines) is 1. The highest BCUT2D eigenvalue weighted by molar-refractivity contribution is 5.96. The van der Waals surface area contributed by atoms with Gasteiger partial charge in [0.2, 0.25) is 17.7 Å². The number of hydrogen-bond donors (Lipinski definition) is 6. The van der Waals surface area contributed by atoms with Gasteiger partial charge in [-0.25, -0.2) is 0 Å². The Bertz CT molecular complexity index is 611. The summed E-state index contributed by atoms with van der Waals surface area (Å²) in [7, 11) is 0. The van der Waals surface area contributed by atoms with E-state index in [4.69, 9.17) is 21.1 Å². The molecule has 1 rings (SSSR count). The maximum Gasteiger partial charge on any atom is 0.325 e. The summed E-state index contributed by atoms with van der Waals surface area (Å²) >= 11 is 0. The van der Waals surface area contributed by atoms with Crippen molar-refractivity contribution in [3.05, 3.63) is 0 Å². The van der Waals surface area contributed by atoms with E-state index in [1.54, 1.807) is 0 Å². The van der Waals surface area contributed by atoms with E-state index in [1.165, 1.54) is 6.92 Å². The van der Waals surface area contributed by atoms with Crippen LogP contribution < -0.4 is 16.4 Å². The molecule has 0 bridgehead atoms. The van der Waals surface area contributed by atoms with Gasteiger partial charge in [-0.3, -0.25) is 24.0 Å². The first-order valence-electron chi connectivity index (χ1n) is 8.30. The summed E-state index contributed by atoms with van der Waals surface area (Å²) < 4.78 is 0. The van der Waals surface area contributed by atoms with Crippen LogP contribution in [-0.4, -0.2) is 87.2 Å². The molecule has 1 heterocycles. The lowest BCUT2D eigenvalue weighted by atomic mass is 10.1. The zero-order valence-corrected chi connectivity index (χ0v) is 14.8. The van der Waals surface area contributed by atoms with Crippen LogP contribution in [0, 0.1) is 0 Å². The summed E-state index contributed by atoms with van der Waals surface area (Å²) in [4.78, 5) is 59.8. The Hall–Kier alpha value is -2.73. The molecule has 0 radical (unpaired) electrons. The minimum atomic E-state index is -1.47. The molecule has 0 saturated carbocycles. The van der Waals surface area contributed by atoms with E-state index in [2.05, 4.69) is 10.6 Å². The molecule has 1 aliphatic heterocycles. The number of carbonyl (C=O) groups is 5. The summed E-state index contributed by atoms with van der Waals surface area (Å²) in [6.07, 6.45) is -0.0118. The number of rotatable bonds is 9. The predicted molar refractivity (Wildman–Crippen MR) is 89.2 cm³/mol. The molecule has 7 N–H and O–H groups in total. The van der Waals surface area contributed by atoms with Crippen molar-refractivity contribution >= 4 is 29.7 Å². The van der Waals surface area contributed by atoms with Crippen molar-refractivity contribution in [2.24, 2.45) is 5.73 Å². The number of hydrogen-bond acceptors (Lipinski definition) is 7. The van der Waals surface area contributed by atoms with E-state index in [-0.39, 0.29) is 13.0 Å². The van der Waals surface area contributed by atoms with Gasteiger partial charge in [0.25, 0.3) is 0 Å². The van der Waals surface area contributed by atoms with Crippen LogP contribution in [-0.2, 0) is 24.0 Å². The lowest BCUT2D eigenvalue weighted by molar-refractivity contribution is -0.147. The van der Waals surface area contributed by atoms with Gasteiger partial charge in [-0.2, -0.15) is 0 Å². The Morgan fingerprint density at radius 1 is 1.19 bits per heavy atom. The molecular weight excluding hydrogens is 364 g/mol. The first-order valence-corrected chi connectivity index (χ1v) is 8.30. The topological polar surface area (TPSA) is 199 Å². The van der Waals surface area contributed by atoms with Gasteiger partial charge in [0, 0.05) is 6.54 Å². The third kappa shape index (κ3) is 6.18. The summed E-state index contributed by atoms with van der Waals surface area (Å²) in [5, 5.41) is 31.2. The van der Waals surface area contributed by atoms with E-state index in [0.29, 0.717) is 6.42 Å². The molecule has 0 aromatic rings. The molecular formula is C15H24N4O8. The van der Waals surface area contributed by atoms with Gasteiger partial charge >= 0.3 is 11.9 Å². The molecule has 27 heavy (non-hydrogen) atoms. The van der Waals surface area contributed by atoms with Crippen molar-refractivity contribution in [1.82, 2.24) is 15.5 Å². The Morgan fingerprint density at radius 3 is 2.33 bits per heavy atom. The third-order valence-electron chi connectivity index (χ3n) is 4.09. The van der Waals surface area contributed by atoms with E-state index in [1.807, 2.05) is 0 Å². The van der Waals surface area contributed by atoms with E-state index in [9.17, 15) is 24.0 Å². The summed E-state index contributed by atoms with van der Waals surface area (Å²) in [5.41, 5.74) is 5.35. The summed E-state index contributed by atoms with van der Waals surface area (Å²) in [6.45, 7) is 0.725. The van der Waals surface area contributed by atoms with E-state index >= 15 is 0 Å². The van der Waals surface area contributed by atoms with Gasteiger partial charge in [0.15, 0.2) is 0 Å². The Morgan fingerprint density at radius 2 is 1.81 bits per heavy atom. The van der Waals surface area contributed by atoms with Gasteiger partial charge in [-0.15, -0.1) is 0 Å². The van der Waals surface area contributed by atoms with Crippen molar-refractivity contribution in [3.63, 3.8) is 0 Å². The Balaban J connectivity index is 2.91. The lowest BCUT2D eigenvalue weighted by Crippen LogP contribution is -2.57. The maximum atomic E-state index is 12.7. The molecule has 1 fully saturated rings. The average molecular weight is 388 g/mol. The average Bonchev–Trinajstić information content (AvgIpc) is 3.08. The van der Waals surface area contributed by atoms with Gasteiger partial charge in [0.1, 0.15) is 24.2 Å². The fourth-order valence-electron chi connectivity index (χ4n) is 2.61. The number of carboxylic acids is 2. The van der Waals surface area contributed by atoms with Crippen LogP contribution in [0.15, 0.2) is 0 Å². The fourth-order valence-corrected chi connectivity index (χ4v) is 2.61. The summed E-state index contributed by atoms with van der Waals surface area (Å²) in [5.74, 6) is -4.98. The number of nitrogens with zero attached hydrogens (tertiary/aromatic N) is 1. The van der Waals surface area contributed by atoms with Gasteiger partial charge in [-0.1, -0.05) is 0 Å². The molecule has 12 nitrogen and oxygen atoms in total. The number of nitrogens with one attached hydrogen (secondary N) is 2. The first-order chi connectivity index (χ1) is 12.6. The molecule has 1 aliphatic rings. The number of carbonyl (C=O) groups excluding carboxylic acids is 3. The van der Waals surface area contributed by atoms with Crippen molar-refractivity contribution in [1.29, 1.82) is 0 Å². The zero-order valence-electron chi connectivity index (χ0n) is 14.8. The van der Waals surface area contributed by atoms with Crippen LogP contribution in [0.25, 0.3) is 0 Å². The minimum absolute atomic E-state index is 0.149. The largest absolute Gasteiger partial charge is 0.481 e. The Kier molecular flexibility index (Phi) is 8.12. The van der Waals surface area contributed by atoms with Crippen LogP contribution in [0.3, 0.4) is 0 Å². The maximum absolute atomic E-state index is 12.7. The highest BCUT2D eigenvalue weighted by Crippen LogP contribution is 2.19. The standard InChI is InChI=1S/C15H24N4O8/c1-7(15(26)27)17-13(24)10-3-2-4-19(10)14(25)9(5-11(21)22)18-12(23)8(16)6-20/h7-10,20H,2-6,16H2,1H3,(H,17,24)(H,18,23)(H,21,22)(H,26,27). The fraction of sp³-hybridized carbons (Fsp3) is 0.667. The van der Waals surface area contributed by atoms with Crippen LogP contribution in [0.5, 0.6) is 0 Å². The smallest absolute Gasteiger partial charge is 0.325 e. The van der Waals surface area contributed by atoms with Crippen LogP contribution in [0.2, 0.25) is 0 Å². The second-order valence-corrected chi connectivity index (χ2v) is 6.21. The quantitative estimate of drug-likeness (QED) is 0.236. The highest BCUT2D eigenvalue weighted by atomic mass is 16.4. The van der Waals surface area contributed by atoms with Crippen LogP contribution in [0.1, 0.15) is 26.2 Å². The number of aliphatic hydroxyl groups is 1. The monoisotopic (exact) mass is 388 g/mol. The predicted octanol–water partition coefficient (Wildman–Crippen LogP) is -3.15. The Labute approximate surface area is 154 Å². The van der Waals surface area contributed by atoms with Crippen LogP contribution in [0.4, 0.5) is 0 Å². The normalized spacial score (nSPS) is 19.7. The summed E-state index contributed by atoms with van der Waals surface area (Å²) in [6, 6.07) is -4.94. The van der Waals surface area contributed by atoms with Crippen molar-refractivity contribution in [2.45, 2.75) is 50.4 Å². The second-order valence-electron chi connectivity index (χ2n) is 6.21. The molecule has 0 aromatic heterocycles. The van der Waals surface area contributed by atoms with Crippen LogP contribution >= 0.6 is 0 Å². The molecule has 4 unspecified atom stereocenters. The highest BCUT2D eigenvalue weighted by Gasteiger charge is 2.39. The van der Waals surface area contributed by atoms with E-state index < -0.39 is 66.9 Å². The SMILES string of the molecule is CC(NC(=O)C1CCCN1C(=O)C(CC(=O)O)NC(=O)C(N)CO)C(=O)O. The molecule has 3 amide bonds.